The molecule has 2 N–H and O–H groups in total. The lowest BCUT2D eigenvalue weighted by Gasteiger charge is -2.37. The van der Waals surface area contributed by atoms with Gasteiger partial charge in [0.25, 0.3) is 5.56 Å². The van der Waals surface area contributed by atoms with Crippen molar-refractivity contribution in [2.24, 2.45) is 5.73 Å². The Bertz CT molecular complexity index is 580. The molecule has 1 heterocycles. The third kappa shape index (κ3) is 1.49. The maximum atomic E-state index is 12.1. The van der Waals surface area contributed by atoms with E-state index in [2.05, 4.69) is 0 Å². The Kier molecular flexibility index (Phi) is 2.16. The average Bonchev–Trinajstić information content (AvgIpc) is 2.55. The zero-order chi connectivity index (χ0) is 11.2. The van der Waals surface area contributed by atoms with Gasteiger partial charge in [-0.3, -0.25) is 8.75 Å². The summed E-state index contributed by atoms with van der Waals surface area (Å²) in [7, 11) is 0. The van der Waals surface area contributed by atoms with Crippen molar-refractivity contribution in [3.63, 3.8) is 0 Å². The zero-order valence-corrected chi connectivity index (χ0v) is 9.80. The van der Waals surface area contributed by atoms with Gasteiger partial charge in [-0.05, 0) is 31.4 Å². The number of hydrogen-bond acceptors (Lipinski definition) is 3. The fourth-order valence-electron chi connectivity index (χ4n) is 2.20. The summed E-state index contributed by atoms with van der Waals surface area (Å²) in [6.07, 6.45) is 3.26. The molecule has 0 atom stereocenters. The monoisotopic (exact) mass is 234 g/mol. The van der Waals surface area contributed by atoms with Gasteiger partial charge in [-0.2, -0.15) is 0 Å². The summed E-state index contributed by atoms with van der Waals surface area (Å²) in [5, 5.41) is 0.815. The minimum Gasteiger partial charge on any atom is -0.324 e. The summed E-state index contributed by atoms with van der Waals surface area (Å²) in [6.45, 7) is 0.672. The molecule has 1 fully saturated rings. The minimum atomic E-state index is -0.134. The van der Waals surface area contributed by atoms with E-state index in [0.717, 1.165) is 22.9 Å². The van der Waals surface area contributed by atoms with Gasteiger partial charge in [-0.1, -0.05) is 23.7 Å². The van der Waals surface area contributed by atoms with Crippen molar-refractivity contribution >= 4 is 21.6 Å². The maximum Gasteiger partial charge on any atom is 0.268 e. The number of fused-ring (bicyclic) bond motifs is 1. The fraction of sp³-hybridized carbons (Fsp3) is 0.417. The normalized spacial score (nSPS) is 18.6. The number of benzene rings is 1. The predicted octanol–water partition coefficient (Wildman–Crippen LogP) is 1.94. The summed E-state index contributed by atoms with van der Waals surface area (Å²) in [5.41, 5.74) is 6.15. The second-order valence-electron chi connectivity index (χ2n) is 4.65. The van der Waals surface area contributed by atoms with Crippen LogP contribution < -0.4 is 11.3 Å². The summed E-state index contributed by atoms with van der Waals surface area (Å²) in [4.78, 5) is 12.1. The second-order valence-corrected chi connectivity index (χ2v) is 5.71. The van der Waals surface area contributed by atoms with E-state index in [1.165, 1.54) is 18.0 Å². The fourth-order valence-corrected chi connectivity index (χ4v) is 3.33. The van der Waals surface area contributed by atoms with Gasteiger partial charge < -0.3 is 5.73 Å². The molecule has 16 heavy (non-hydrogen) atoms. The number of nitrogens with two attached hydrogens (primary N) is 1. The molecule has 4 heteroatoms. The van der Waals surface area contributed by atoms with E-state index in [4.69, 9.17) is 5.73 Å². The predicted molar refractivity (Wildman–Crippen MR) is 66.9 cm³/mol. The van der Waals surface area contributed by atoms with Crippen LogP contribution in [-0.2, 0) is 6.54 Å². The molecule has 0 unspecified atom stereocenters. The van der Waals surface area contributed by atoms with Crippen molar-refractivity contribution in [1.29, 1.82) is 0 Å². The minimum absolute atomic E-state index is 0.109. The number of rotatable bonds is 2. The molecule has 2 aromatic rings. The number of aromatic nitrogens is 1. The molecule has 3 rings (SSSR count). The zero-order valence-electron chi connectivity index (χ0n) is 8.98. The molecule has 0 spiro atoms. The molecular weight excluding hydrogens is 220 g/mol. The average molecular weight is 234 g/mol. The molecule has 1 aliphatic rings. The van der Waals surface area contributed by atoms with E-state index < -0.39 is 0 Å². The van der Waals surface area contributed by atoms with Crippen LogP contribution >= 0.6 is 11.5 Å². The number of hydrogen-bond donors (Lipinski definition) is 1. The molecule has 0 radical (unpaired) electrons. The van der Waals surface area contributed by atoms with Gasteiger partial charge in [0.15, 0.2) is 0 Å². The van der Waals surface area contributed by atoms with Gasteiger partial charge >= 0.3 is 0 Å². The van der Waals surface area contributed by atoms with Crippen LogP contribution in [0.5, 0.6) is 0 Å². The Morgan fingerprint density at radius 2 is 2.12 bits per heavy atom. The number of nitrogens with zero attached hydrogens (tertiary/aromatic N) is 1. The van der Waals surface area contributed by atoms with Gasteiger partial charge in [0.2, 0.25) is 0 Å². The lowest BCUT2D eigenvalue weighted by atomic mass is 9.78. The van der Waals surface area contributed by atoms with E-state index in [1.54, 1.807) is 0 Å². The SMILES string of the molecule is NC1(Cn2sc3ccccc3c2=O)CCC1. The van der Waals surface area contributed by atoms with Gasteiger partial charge in [0.1, 0.15) is 0 Å². The first-order valence-electron chi connectivity index (χ1n) is 5.56. The smallest absolute Gasteiger partial charge is 0.268 e. The molecule has 0 aliphatic heterocycles. The quantitative estimate of drug-likeness (QED) is 0.863. The Labute approximate surface area is 97.6 Å². The molecule has 3 nitrogen and oxygen atoms in total. The highest BCUT2D eigenvalue weighted by molar-refractivity contribution is 7.13. The topological polar surface area (TPSA) is 48.0 Å². The first-order chi connectivity index (χ1) is 7.68. The molecule has 1 aromatic carbocycles. The van der Waals surface area contributed by atoms with Crippen LogP contribution in [0.2, 0.25) is 0 Å². The highest BCUT2D eigenvalue weighted by Gasteiger charge is 2.33. The van der Waals surface area contributed by atoms with Crippen LogP contribution in [0.25, 0.3) is 10.1 Å². The molecular formula is C12H14N2OS. The molecule has 0 amide bonds. The first-order valence-corrected chi connectivity index (χ1v) is 6.33. The van der Waals surface area contributed by atoms with E-state index in [-0.39, 0.29) is 11.1 Å². The third-order valence-corrected chi connectivity index (χ3v) is 4.43. The second kappa shape index (κ2) is 3.43. The highest BCUT2D eigenvalue weighted by atomic mass is 32.1. The third-order valence-electron chi connectivity index (χ3n) is 3.36. The van der Waals surface area contributed by atoms with Crippen LogP contribution in [0.1, 0.15) is 19.3 Å². The Balaban J connectivity index is 2.04. The molecule has 0 saturated heterocycles. The van der Waals surface area contributed by atoms with E-state index in [0.29, 0.717) is 6.54 Å². The molecule has 1 aromatic heterocycles. The highest BCUT2D eigenvalue weighted by Crippen LogP contribution is 2.31. The van der Waals surface area contributed by atoms with Gasteiger partial charge in [-0.15, -0.1) is 0 Å². The summed E-state index contributed by atoms with van der Waals surface area (Å²) in [5.74, 6) is 0. The lowest BCUT2D eigenvalue weighted by Crippen LogP contribution is -2.50. The Morgan fingerprint density at radius 3 is 2.75 bits per heavy atom. The van der Waals surface area contributed by atoms with Crippen LogP contribution in [0.15, 0.2) is 29.1 Å². The van der Waals surface area contributed by atoms with E-state index in [9.17, 15) is 4.79 Å². The van der Waals surface area contributed by atoms with Crippen molar-refractivity contribution in [1.82, 2.24) is 3.96 Å². The van der Waals surface area contributed by atoms with Crippen molar-refractivity contribution in [2.75, 3.05) is 0 Å². The Hall–Kier alpha value is -1.13. The van der Waals surface area contributed by atoms with E-state index in [1.807, 2.05) is 28.2 Å². The standard InChI is InChI=1S/C12H14N2OS/c13-12(6-3-7-12)8-14-11(15)9-4-1-2-5-10(9)16-14/h1-2,4-5H,3,6-8,13H2. The van der Waals surface area contributed by atoms with Gasteiger partial charge in [-0.25, -0.2) is 0 Å². The maximum absolute atomic E-state index is 12.1. The van der Waals surface area contributed by atoms with E-state index >= 15 is 0 Å². The largest absolute Gasteiger partial charge is 0.324 e. The molecule has 1 saturated carbocycles. The summed E-state index contributed by atoms with van der Waals surface area (Å²) in [6, 6.07) is 7.74. The van der Waals surface area contributed by atoms with Crippen molar-refractivity contribution in [2.45, 2.75) is 31.3 Å². The summed E-state index contributed by atoms with van der Waals surface area (Å²) >= 11 is 1.52. The van der Waals surface area contributed by atoms with Crippen molar-refractivity contribution in [3.05, 3.63) is 34.6 Å². The Morgan fingerprint density at radius 1 is 1.38 bits per heavy atom. The van der Waals surface area contributed by atoms with Gasteiger partial charge in [0, 0.05) is 5.54 Å². The van der Waals surface area contributed by atoms with Crippen molar-refractivity contribution in [3.8, 4) is 0 Å². The van der Waals surface area contributed by atoms with Crippen molar-refractivity contribution < 1.29 is 0 Å². The first kappa shape index (κ1) is 10.1. The summed E-state index contributed by atoms with van der Waals surface area (Å²) < 4.78 is 2.86. The lowest BCUT2D eigenvalue weighted by molar-refractivity contribution is 0.220. The molecule has 84 valence electrons. The molecule has 1 aliphatic carbocycles. The van der Waals surface area contributed by atoms with Crippen LogP contribution in [0.3, 0.4) is 0 Å². The van der Waals surface area contributed by atoms with Crippen LogP contribution in [-0.4, -0.2) is 9.50 Å². The molecule has 0 bridgehead atoms. The van der Waals surface area contributed by atoms with Crippen LogP contribution in [0.4, 0.5) is 0 Å². The van der Waals surface area contributed by atoms with Crippen LogP contribution in [0, 0.1) is 0 Å². The van der Waals surface area contributed by atoms with Gasteiger partial charge in [0.05, 0.1) is 16.6 Å².